The van der Waals surface area contributed by atoms with Crippen LogP contribution in [0.1, 0.15) is 12.8 Å². The SMILES string of the molecule is Oc1c(-c2ccccc2OCCCCOc2ccccc2-c2csc(-c3cc(-c4ccccc4)cc(-c4ccccc4)c3)c2O)csc1-c1cc(-c2ccccc2)cc(-c2ccccc2)c1. The molecule has 0 saturated heterocycles. The fraction of sp³-hybridized carbons (Fsp3) is 0.0667. The summed E-state index contributed by atoms with van der Waals surface area (Å²) in [4.78, 5) is 1.63. The van der Waals surface area contributed by atoms with Gasteiger partial charge in [-0.25, -0.2) is 0 Å². The van der Waals surface area contributed by atoms with Crippen LogP contribution in [0.5, 0.6) is 23.0 Å². The monoisotopic (exact) mass is 894 g/mol. The summed E-state index contributed by atoms with van der Waals surface area (Å²) in [6.07, 6.45) is 1.53. The molecule has 4 nitrogen and oxygen atoms in total. The van der Waals surface area contributed by atoms with E-state index in [0.29, 0.717) is 13.2 Å². The Morgan fingerprint density at radius 3 is 0.924 bits per heavy atom. The van der Waals surface area contributed by atoms with Gasteiger partial charge in [-0.2, -0.15) is 0 Å². The van der Waals surface area contributed by atoms with E-state index >= 15 is 0 Å². The second kappa shape index (κ2) is 19.6. The molecule has 0 atom stereocenters. The Balaban J connectivity index is 0.819. The molecule has 0 aliphatic rings. The van der Waals surface area contributed by atoms with Gasteiger partial charge >= 0.3 is 0 Å². The third-order valence-corrected chi connectivity index (χ3v) is 13.8. The summed E-state index contributed by atoms with van der Waals surface area (Å²) in [7, 11) is 0. The Hall–Kier alpha value is -7.64. The van der Waals surface area contributed by atoms with E-state index in [9.17, 15) is 10.2 Å². The fourth-order valence-corrected chi connectivity index (χ4v) is 10.3. The van der Waals surface area contributed by atoms with Gasteiger partial charge in [-0.15, -0.1) is 22.7 Å². The Bertz CT molecular complexity index is 2880. The predicted octanol–water partition coefficient (Wildman–Crippen LogP) is 16.8. The maximum absolute atomic E-state index is 11.8. The minimum absolute atomic E-state index is 0.244. The third kappa shape index (κ3) is 9.15. The van der Waals surface area contributed by atoms with Gasteiger partial charge in [-0.05, 0) is 117 Å². The van der Waals surface area contributed by atoms with E-state index in [0.717, 1.165) is 112 Å². The molecule has 322 valence electrons. The van der Waals surface area contributed by atoms with Crippen LogP contribution < -0.4 is 9.47 Å². The number of ether oxygens (including phenoxy) is 2. The largest absolute Gasteiger partial charge is 0.506 e. The first-order valence-corrected chi connectivity index (χ1v) is 23.9. The van der Waals surface area contributed by atoms with Gasteiger partial charge in [0, 0.05) is 33.0 Å². The molecular formula is C60H46O4S2. The summed E-state index contributed by atoms with van der Waals surface area (Å²) in [6, 6.07) is 70.4. The van der Waals surface area contributed by atoms with Crippen molar-refractivity contribution in [2.75, 3.05) is 13.2 Å². The van der Waals surface area contributed by atoms with Crippen molar-refractivity contribution in [1.82, 2.24) is 0 Å². The number of para-hydroxylation sites is 2. The quantitative estimate of drug-likeness (QED) is 0.101. The summed E-state index contributed by atoms with van der Waals surface area (Å²) < 4.78 is 12.8. The number of hydrogen-bond acceptors (Lipinski definition) is 6. The molecule has 10 rings (SSSR count). The fourth-order valence-electron chi connectivity index (χ4n) is 8.40. The van der Waals surface area contributed by atoms with Crippen LogP contribution in [0.4, 0.5) is 0 Å². The first-order valence-electron chi connectivity index (χ1n) is 22.2. The van der Waals surface area contributed by atoms with Crippen molar-refractivity contribution in [3.8, 4) is 111 Å². The highest BCUT2D eigenvalue weighted by Crippen LogP contribution is 2.49. The predicted molar refractivity (Wildman–Crippen MR) is 276 cm³/mol. The maximum atomic E-state index is 11.8. The molecule has 0 bridgehead atoms. The van der Waals surface area contributed by atoms with Crippen LogP contribution in [0.25, 0.3) is 87.6 Å². The number of unbranched alkanes of at least 4 members (excludes halogenated alkanes) is 1. The number of hydrogen-bond donors (Lipinski definition) is 2. The smallest absolute Gasteiger partial charge is 0.142 e. The van der Waals surface area contributed by atoms with Crippen molar-refractivity contribution in [3.63, 3.8) is 0 Å². The van der Waals surface area contributed by atoms with Crippen LogP contribution in [0.2, 0.25) is 0 Å². The molecule has 0 fully saturated rings. The summed E-state index contributed by atoms with van der Waals surface area (Å²) >= 11 is 3.07. The molecule has 0 amide bonds. The minimum atomic E-state index is 0.244. The lowest BCUT2D eigenvalue weighted by Gasteiger charge is -2.13. The third-order valence-electron chi connectivity index (χ3n) is 11.8. The van der Waals surface area contributed by atoms with E-state index < -0.39 is 0 Å². The van der Waals surface area contributed by atoms with Gasteiger partial charge in [0.05, 0.1) is 23.0 Å². The van der Waals surface area contributed by atoms with Crippen molar-refractivity contribution >= 4 is 22.7 Å². The molecule has 0 saturated carbocycles. The second-order valence-electron chi connectivity index (χ2n) is 16.1. The normalized spacial score (nSPS) is 11.1. The van der Waals surface area contributed by atoms with Gasteiger partial charge in [0.2, 0.25) is 0 Å². The standard InChI is InChI=1S/C60H46O4S2/c61-57-53(39-65-59(57)49-35-45(41-19-5-1-6-20-41)33-46(36-49)42-21-7-2-8-22-42)51-27-13-15-29-55(51)63-31-17-18-32-64-56-30-16-14-28-52(56)54-40-66-60(58(54)62)50-37-47(43-23-9-3-10-24-43)34-48(38-50)44-25-11-4-12-26-44/h1-16,19-30,33-40,61-62H,17-18,31-32H2. The average Bonchev–Trinajstić information content (AvgIpc) is 3.97. The Labute approximate surface area is 394 Å². The molecule has 2 aromatic heterocycles. The molecule has 0 aliphatic heterocycles. The summed E-state index contributed by atoms with van der Waals surface area (Å²) in [5.74, 6) is 1.93. The summed E-state index contributed by atoms with van der Waals surface area (Å²) in [6.45, 7) is 0.974. The summed E-state index contributed by atoms with van der Waals surface area (Å²) in [5, 5.41) is 27.7. The molecule has 2 heterocycles. The zero-order valence-corrected chi connectivity index (χ0v) is 37.8. The van der Waals surface area contributed by atoms with Gasteiger partial charge < -0.3 is 19.7 Å². The van der Waals surface area contributed by atoms with E-state index in [-0.39, 0.29) is 11.5 Å². The van der Waals surface area contributed by atoms with E-state index in [2.05, 4.69) is 133 Å². The lowest BCUT2D eigenvalue weighted by Crippen LogP contribution is -2.03. The zero-order chi connectivity index (χ0) is 44.7. The summed E-state index contributed by atoms with van der Waals surface area (Å²) in [5.41, 5.74) is 14.0. The zero-order valence-electron chi connectivity index (χ0n) is 36.1. The van der Waals surface area contributed by atoms with Gasteiger partial charge in [0.1, 0.15) is 23.0 Å². The number of thiophene rings is 2. The van der Waals surface area contributed by atoms with Gasteiger partial charge in [0.25, 0.3) is 0 Å². The highest BCUT2D eigenvalue weighted by Gasteiger charge is 2.21. The number of rotatable bonds is 15. The highest BCUT2D eigenvalue weighted by atomic mass is 32.1. The van der Waals surface area contributed by atoms with E-state index in [1.165, 1.54) is 22.7 Å². The second-order valence-corrected chi connectivity index (χ2v) is 17.9. The molecular weight excluding hydrogens is 849 g/mol. The minimum Gasteiger partial charge on any atom is -0.506 e. The molecule has 0 unspecified atom stereocenters. The number of benzene rings is 8. The average molecular weight is 895 g/mol. The molecule has 0 spiro atoms. The maximum Gasteiger partial charge on any atom is 0.142 e. The van der Waals surface area contributed by atoms with Crippen molar-refractivity contribution in [2.45, 2.75) is 12.8 Å². The molecule has 8 aromatic carbocycles. The van der Waals surface area contributed by atoms with Crippen LogP contribution in [-0.2, 0) is 0 Å². The Morgan fingerprint density at radius 2 is 0.591 bits per heavy atom. The van der Waals surface area contributed by atoms with Gasteiger partial charge in [0.15, 0.2) is 0 Å². The van der Waals surface area contributed by atoms with Gasteiger partial charge in [-0.1, -0.05) is 158 Å². The van der Waals surface area contributed by atoms with Crippen LogP contribution in [0.3, 0.4) is 0 Å². The topological polar surface area (TPSA) is 58.9 Å². The Morgan fingerprint density at radius 1 is 0.303 bits per heavy atom. The van der Waals surface area contributed by atoms with E-state index in [1.54, 1.807) is 0 Å². The van der Waals surface area contributed by atoms with Crippen LogP contribution >= 0.6 is 22.7 Å². The molecule has 0 radical (unpaired) electrons. The van der Waals surface area contributed by atoms with Crippen LogP contribution in [-0.4, -0.2) is 23.4 Å². The molecule has 10 aromatic rings. The number of aromatic hydroxyl groups is 2. The van der Waals surface area contributed by atoms with E-state index in [4.69, 9.17) is 9.47 Å². The molecule has 6 heteroatoms. The molecule has 66 heavy (non-hydrogen) atoms. The van der Waals surface area contributed by atoms with Crippen molar-refractivity contribution in [3.05, 3.63) is 217 Å². The van der Waals surface area contributed by atoms with Gasteiger partial charge in [-0.3, -0.25) is 0 Å². The van der Waals surface area contributed by atoms with Crippen molar-refractivity contribution < 1.29 is 19.7 Å². The van der Waals surface area contributed by atoms with Crippen molar-refractivity contribution in [2.24, 2.45) is 0 Å². The highest BCUT2D eigenvalue weighted by molar-refractivity contribution is 7.14. The van der Waals surface area contributed by atoms with Crippen LogP contribution in [0.15, 0.2) is 217 Å². The molecule has 2 N–H and O–H groups in total. The Kier molecular flexibility index (Phi) is 12.6. The first-order chi connectivity index (χ1) is 32.6. The molecule has 0 aliphatic carbocycles. The lowest BCUT2D eigenvalue weighted by atomic mass is 9.95. The lowest BCUT2D eigenvalue weighted by molar-refractivity contribution is 0.267. The first kappa shape index (κ1) is 42.3. The van der Waals surface area contributed by atoms with Crippen LogP contribution in [0, 0.1) is 0 Å². The van der Waals surface area contributed by atoms with Crippen molar-refractivity contribution in [1.29, 1.82) is 0 Å². The van der Waals surface area contributed by atoms with E-state index in [1.807, 2.05) is 83.6 Å².